The van der Waals surface area contributed by atoms with Gasteiger partial charge in [0.2, 0.25) is 0 Å². The predicted octanol–water partition coefficient (Wildman–Crippen LogP) is 2.10. The molecule has 5 rings (SSSR count). The summed E-state index contributed by atoms with van der Waals surface area (Å²) in [6, 6.07) is 6.28. The van der Waals surface area contributed by atoms with Crippen LogP contribution in [0.4, 0.5) is 10.2 Å². The number of hydrazine groups is 1. The van der Waals surface area contributed by atoms with Gasteiger partial charge in [0, 0.05) is 11.8 Å². The first-order chi connectivity index (χ1) is 15.1. The van der Waals surface area contributed by atoms with Gasteiger partial charge in [-0.3, -0.25) is 15.0 Å². The third-order valence-corrected chi connectivity index (χ3v) is 5.82. The van der Waals surface area contributed by atoms with Gasteiger partial charge in [0.25, 0.3) is 0 Å². The number of aliphatic hydroxyl groups excluding tert-OH is 2. The van der Waals surface area contributed by atoms with Crippen molar-refractivity contribution in [3.63, 3.8) is 0 Å². The smallest absolute Gasteiger partial charge is 0.176 e. The van der Waals surface area contributed by atoms with Crippen LogP contribution in [0.3, 0.4) is 0 Å². The van der Waals surface area contributed by atoms with Crippen LogP contribution < -0.4 is 5.43 Å². The average molecular weight is 442 g/mol. The summed E-state index contributed by atoms with van der Waals surface area (Å²) in [7, 11) is 0. The third kappa shape index (κ3) is 3.76. The molecule has 0 amide bonds. The summed E-state index contributed by atoms with van der Waals surface area (Å²) in [6.45, 7) is 0. The number of thioether (sulfide) groups is 1. The Morgan fingerprint density at radius 1 is 1.19 bits per heavy atom. The van der Waals surface area contributed by atoms with Gasteiger partial charge in [0.15, 0.2) is 23.2 Å². The number of hydrogen-bond acceptors (Lipinski definition) is 9. The van der Waals surface area contributed by atoms with Crippen molar-refractivity contribution in [3.8, 4) is 0 Å². The highest BCUT2D eigenvalue weighted by atomic mass is 32.2. The summed E-state index contributed by atoms with van der Waals surface area (Å²) in [5, 5.41) is 24.9. The fourth-order valence-electron chi connectivity index (χ4n) is 3.49. The molecule has 0 radical (unpaired) electrons. The van der Waals surface area contributed by atoms with Crippen molar-refractivity contribution in [1.82, 2.24) is 24.5 Å². The molecule has 4 heterocycles. The van der Waals surface area contributed by atoms with E-state index in [9.17, 15) is 14.6 Å². The van der Waals surface area contributed by atoms with Crippen molar-refractivity contribution < 1.29 is 19.3 Å². The van der Waals surface area contributed by atoms with E-state index in [2.05, 4.69) is 20.4 Å². The molecule has 0 saturated carbocycles. The minimum atomic E-state index is -1.23. The quantitative estimate of drug-likeness (QED) is 0.547. The molecule has 3 aromatic rings. The molecule has 160 valence electrons. The molecule has 1 saturated heterocycles. The molecule has 0 aliphatic carbocycles. The molecule has 1 aromatic carbocycles. The molecule has 2 aliphatic heterocycles. The lowest BCUT2D eigenvalue weighted by Gasteiger charge is -2.18. The number of hydrogen-bond donors (Lipinski definition) is 3. The number of fused-ring (bicyclic) bond motifs is 1. The van der Waals surface area contributed by atoms with Crippen LogP contribution in [-0.2, 0) is 4.74 Å². The standard InChI is InChI=1S/C20H19FN6O3S/c21-13-4-2-1-3-12(13)5-6-14-16(28)17(29)20(30-14)27-10-24-15-18(22-9-23-19(15)27)25-26-7-8-31-11-26/h1-10,14,16-17,20,28-29H,11H2,(H,22,23,25)/t14-,16-,17-,20-/m1/s1. The van der Waals surface area contributed by atoms with Crippen LogP contribution in [0.5, 0.6) is 0 Å². The van der Waals surface area contributed by atoms with E-state index in [1.165, 1.54) is 30.9 Å². The van der Waals surface area contributed by atoms with Gasteiger partial charge in [-0.25, -0.2) is 19.3 Å². The van der Waals surface area contributed by atoms with Crippen molar-refractivity contribution >= 4 is 34.8 Å². The SMILES string of the molecule is O[C@@H]1[C@H](O)[C@@H](C=Cc2ccccc2F)O[C@H]1n1cnc2c(NN3C=CSC3)ncnc21. The molecule has 2 aliphatic rings. The first-order valence-corrected chi connectivity index (χ1v) is 10.6. The van der Waals surface area contributed by atoms with Gasteiger partial charge >= 0.3 is 0 Å². The Bertz CT molecular complexity index is 1150. The van der Waals surface area contributed by atoms with E-state index in [0.717, 1.165) is 5.88 Å². The summed E-state index contributed by atoms with van der Waals surface area (Å²) in [5.41, 5.74) is 4.47. The number of aromatic nitrogens is 4. The molecule has 4 atom stereocenters. The number of benzene rings is 1. The van der Waals surface area contributed by atoms with Crippen molar-refractivity contribution in [2.24, 2.45) is 0 Å². The highest BCUT2D eigenvalue weighted by Crippen LogP contribution is 2.33. The van der Waals surface area contributed by atoms with Crippen molar-refractivity contribution in [3.05, 3.63) is 66.0 Å². The largest absolute Gasteiger partial charge is 0.387 e. The normalized spacial score (nSPS) is 25.8. The molecule has 3 N–H and O–H groups in total. The highest BCUT2D eigenvalue weighted by molar-refractivity contribution is 8.02. The third-order valence-electron chi connectivity index (χ3n) is 5.08. The number of nitrogens with one attached hydrogen (secondary N) is 1. The van der Waals surface area contributed by atoms with Crippen LogP contribution in [0.25, 0.3) is 17.2 Å². The molecule has 0 unspecified atom stereocenters. The van der Waals surface area contributed by atoms with Gasteiger partial charge in [0.05, 0.1) is 12.2 Å². The molecule has 9 nitrogen and oxygen atoms in total. The fraction of sp³-hybridized carbons (Fsp3) is 0.250. The molecule has 0 bridgehead atoms. The van der Waals surface area contributed by atoms with Crippen LogP contribution in [0, 0.1) is 5.82 Å². The molecule has 0 spiro atoms. The highest BCUT2D eigenvalue weighted by Gasteiger charge is 2.43. The molecule has 1 fully saturated rings. The zero-order valence-corrected chi connectivity index (χ0v) is 16.9. The number of ether oxygens (including phenoxy) is 1. The summed E-state index contributed by atoms with van der Waals surface area (Å²) in [5.74, 6) is 0.866. The maximum atomic E-state index is 13.8. The van der Waals surface area contributed by atoms with Crippen molar-refractivity contribution in [1.29, 1.82) is 0 Å². The lowest BCUT2D eigenvalue weighted by atomic mass is 10.1. The summed E-state index contributed by atoms with van der Waals surface area (Å²) in [6.07, 6.45) is 3.66. The second kappa shape index (κ2) is 8.27. The monoisotopic (exact) mass is 442 g/mol. The summed E-state index contributed by atoms with van der Waals surface area (Å²) in [4.78, 5) is 12.9. The zero-order valence-electron chi connectivity index (χ0n) is 16.1. The van der Waals surface area contributed by atoms with Gasteiger partial charge < -0.3 is 14.9 Å². The Hall–Kier alpha value is -2.99. The first-order valence-electron chi connectivity index (χ1n) is 9.55. The Kier molecular flexibility index (Phi) is 5.32. The van der Waals surface area contributed by atoms with E-state index >= 15 is 0 Å². The molecular formula is C20H19FN6O3S. The van der Waals surface area contributed by atoms with Crippen LogP contribution in [-0.4, -0.2) is 58.9 Å². The second-order valence-corrected chi connectivity index (χ2v) is 7.93. The van der Waals surface area contributed by atoms with Gasteiger partial charge in [0.1, 0.15) is 30.5 Å². The van der Waals surface area contributed by atoms with E-state index < -0.39 is 24.5 Å². The van der Waals surface area contributed by atoms with E-state index in [1.807, 2.05) is 16.6 Å². The zero-order chi connectivity index (χ0) is 21.4. The number of halogens is 1. The number of rotatable bonds is 5. The van der Waals surface area contributed by atoms with Crippen LogP contribution >= 0.6 is 11.8 Å². The average Bonchev–Trinajstić information content (AvgIpc) is 3.50. The molecule has 2 aromatic heterocycles. The predicted molar refractivity (Wildman–Crippen MR) is 114 cm³/mol. The Balaban J connectivity index is 1.40. The van der Waals surface area contributed by atoms with Crippen molar-refractivity contribution in [2.45, 2.75) is 24.5 Å². The summed E-state index contributed by atoms with van der Waals surface area (Å²) >= 11 is 1.64. The van der Waals surface area contributed by atoms with Gasteiger partial charge in [-0.1, -0.05) is 30.4 Å². The van der Waals surface area contributed by atoms with E-state index in [4.69, 9.17) is 4.74 Å². The van der Waals surface area contributed by atoms with Gasteiger partial charge in [-0.15, -0.1) is 11.8 Å². The van der Waals surface area contributed by atoms with Crippen LogP contribution in [0.2, 0.25) is 0 Å². The summed E-state index contributed by atoms with van der Waals surface area (Å²) < 4.78 is 21.3. The minimum absolute atomic E-state index is 0.363. The van der Waals surface area contributed by atoms with Gasteiger partial charge in [-0.2, -0.15) is 0 Å². The molecular weight excluding hydrogens is 423 g/mol. The molecule has 31 heavy (non-hydrogen) atoms. The van der Waals surface area contributed by atoms with Crippen LogP contribution in [0.1, 0.15) is 11.8 Å². The van der Waals surface area contributed by atoms with E-state index in [-0.39, 0.29) is 5.82 Å². The van der Waals surface area contributed by atoms with E-state index in [1.54, 1.807) is 34.5 Å². The fourth-order valence-corrected chi connectivity index (χ4v) is 4.12. The molecule has 11 heteroatoms. The Morgan fingerprint density at radius 2 is 2.06 bits per heavy atom. The number of aliphatic hydroxyl groups is 2. The minimum Gasteiger partial charge on any atom is -0.387 e. The number of imidazole rings is 1. The maximum Gasteiger partial charge on any atom is 0.176 e. The number of nitrogens with zero attached hydrogens (tertiary/aromatic N) is 5. The first kappa shape index (κ1) is 19.9. The Morgan fingerprint density at radius 3 is 2.87 bits per heavy atom. The maximum absolute atomic E-state index is 13.8. The van der Waals surface area contributed by atoms with Gasteiger partial charge in [-0.05, 0) is 11.5 Å². The van der Waals surface area contributed by atoms with E-state index in [0.29, 0.717) is 22.5 Å². The second-order valence-electron chi connectivity index (χ2n) is 7.06. The lowest BCUT2D eigenvalue weighted by Crippen LogP contribution is -2.30. The van der Waals surface area contributed by atoms with Crippen molar-refractivity contribution in [2.75, 3.05) is 11.3 Å². The lowest BCUT2D eigenvalue weighted by molar-refractivity contribution is -0.0243. The number of anilines is 1. The van der Waals surface area contributed by atoms with Crippen LogP contribution in [0.15, 0.2) is 54.6 Å². The topological polar surface area (TPSA) is 109 Å². The Labute approximate surface area is 180 Å².